The van der Waals surface area contributed by atoms with Crippen LogP contribution in [0.4, 0.5) is 0 Å². The minimum Gasteiger partial charge on any atom is -0.298 e. The van der Waals surface area contributed by atoms with Gasteiger partial charge in [0.1, 0.15) is 0 Å². The summed E-state index contributed by atoms with van der Waals surface area (Å²) < 4.78 is 1.15. The van der Waals surface area contributed by atoms with Crippen molar-refractivity contribution in [2.75, 3.05) is 13.1 Å². The molecule has 1 heterocycles. The Morgan fingerprint density at radius 3 is 2.32 bits per heavy atom. The molecule has 1 aliphatic rings. The summed E-state index contributed by atoms with van der Waals surface area (Å²) in [6.45, 7) is 5.69. The van der Waals surface area contributed by atoms with Gasteiger partial charge in [-0.2, -0.15) is 0 Å². The molecule has 0 saturated carbocycles. The van der Waals surface area contributed by atoms with Gasteiger partial charge in [0.25, 0.3) is 0 Å². The first kappa shape index (κ1) is 20.5. The molecule has 5 rings (SSSR count). The van der Waals surface area contributed by atoms with E-state index in [4.69, 9.17) is 0 Å². The second-order valence-electron chi connectivity index (χ2n) is 8.86. The van der Waals surface area contributed by atoms with Gasteiger partial charge in [-0.05, 0) is 51.4 Å². The quantitative estimate of drug-likeness (QED) is 0.290. The highest BCUT2D eigenvalue weighted by atomic mass is 79.9. The second-order valence-corrected chi connectivity index (χ2v) is 9.77. The average molecular weight is 470 g/mol. The molecule has 0 radical (unpaired) electrons. The topological polar surface area (TPSA) is 3.24 Å². The third-order valence-electron chi connectivity index (χ3n) is 6.94. The van der Waals surface area contributed by atoms with Crippen LogP contribution in [0.2, 0.25) is 0 Å². The Balaban J connectivity index is 1.49. The molecule has 4 aromatic rings. The maximum Gasteiger partial charge on any atom is 0.0234 e. The molecule has 0 amide bonds. The highest BCUT2D eigenvalue weighted by Crippen LogP contribution is 2.43. The van der Waals surface area contributed by atoms with Gasteiger partial charge in [-0.25, -0.2) is 0 Å². The minimum absolute atomic E-state index is 0.487. The molecule has 0 aromatic heterocycles. The highest BCUT2D eigenvalue weighted by molar-refractivity contribution is 9.10. The lowest BCUT2D eigenvalue weighted by molar-refractivity contribution is 0.308. The zero-order chi connectivity index (χ0) is 21.2. The molecular weight excluding hydrogens is 442 g/mol. The Bertz CT molecular complexity index is 1150. The number of nitrogens with zero attached hydrogens (tertiary/aromatic N) is 1. The highest BCUT2D eigenvalue weighted by Gasteiger charge is 2.37. The van der Waals surface area contributed by atoms with Crippen molar-refractivity contribution >= 4 is 26.7 Å². The van der Waals surface area contributed by atoms with Crippen molar-refractivity contribution in [1.29, 1.82) is 0 Å². The SMILES string of the molecule is C[C@@H](c1cccc2ccccc12)C1CN(Cc2ccccc2)C[C@H]1c1ccc(Br)cc1. The summed E-state index contributed by atoms with van der Waals surface area (Å²) >= 11 is 3.61. The summed E-state index contributed by atoms with van der Waals surface area (Å²) in [6.07, 6.45) is 0. The summed E-state index contributed by atoms with van der Waals surface area (Å²) in [5, 5.41) is 2.74. The van der Waals surface area contributed by atoms with E-state index in [-0.39, 0.29) is 0 Å². The van der Waals surface area contributed by atoms with Crippen molar-refractivity contribution in [2.45, 2.75) is 25.3 Å². The Hall–Kier alpha value is -2.42. The number of halogens is 1. The van der Waals surface area contributed by atoms with E-state index in [1.807, 2.05) is 0 Å². The van der Waals surface area contributed by atoms with E-state index in [1.54, 1.807) is 0 Å². The molecule has 4 aromatic carbocycles. The molecule has 1 nitrogen and oxygen atoms in total. The van der Waals surface area contributed by atoms with Gasteiger partial charge in [-0.15, -0.1) is 0 Å². The Morgan fingerprint density at radius 2 is 1.52 bits per heavy atom. The first-order valence-electron chi connectivity index (χ1n) is 11.2. The van der Waals surface area contributed by atoms with E-state index in [1.165, 1.54) is 27.5 Å². The Labute approximate surface area is 193 Å². The smallest absolute Gasteiger partial charge is 0.0234 e. The largest absolute Gasteiger partial charge is 0.298 e. The predicted molar refractivity (Wildman–Crippen MR) is 134 cm³/mol. The summed E-state index contributed by atoms with van der Waals surface area (Å²) in [4.78, 5) is 2.65. The zero-order valence-electron chi connectivity index (χ0n) is 17.9. The maximum atomic E-state index is 3.61. The van der Waals surface area contributed by atoms with Crippen molar-refractivity contribution < 1.29 is 0 Å². The predicted octanol–water partition coefficient (Wildman–Crippen LogP) is 7.62. The van der Waals surface area contributed by atoms with Crippen LogP contribution in [0, 0.1) is 5.92 Å². The molecule has 1 fully saturated rings. The van der Waals surface area contributed by atoms with Crippen molar-refractivity contribution in [3.8, 4) is 0 Å². The molecule has 1 unspecified atom stereocenters. The molecule has 1 saturated heterocycles. The fraction of sp³-hybridized carbons (Fsp3) is 0.241. The van der Waals surface area contributed by atoms with Crippen LogP contribution in [-0.4, -0.2) is 18.0 Å². The average Bonchev–Trinajstić information content (AvgIpc) is 3.23. The monoisotopic (exact) mass is 469 g/mol. The van der Waals surface area contributed by atoms with Crippen LogP contribution < -0.4 is 0 Å². The molecule has 0 bridgehead atoms. The molecule has 0 spiro atoms. The standard InChI is InChI=1S/C29H28BrN/c1-21(26-13-7-11-23-10-5-6-12-27(23)26)28-19-31(18-22-8-3-2-4-9-22)20-29(28)24-14-16-25(30)17-15-24/h2-17,21,28-29H,18-20H2,1H3/t21-,28?,29-/m0/s1. The van der Waals surface area contributed by atoms with E-state index in [0.29, 0.717) is 17.8 Å². The first-order valence-corrected chi connectivity index (χ1v) is 12.0. The van der Waals surface area contributed by atoms with Gasteiger partial charge < -0.3 is 0 Å². The molecule has 0 aliphatic carbocycles. The van der Waals surface area contributed by atoms with Gasteiger partial charge in [-0.3, -0.25) is 4.90 Å². The minimum atomic E-state index is 0.487. The Morgan fingerprint density at radius 1 is 0.806 bits per heavy atom. The van der Waals surface area contributed by atoms with Crippen molar-refractivity contribution in [3.63, 3.8) is 0 Å². The van der Waals surface area contributed by atoms with Crippen molar-refractivity contribution in [1.82, 2.24) is 4.90 Å². The summed E-state index contributed by atoms with van der Waals surface area (Å²) in [6, 6.07) is 35.5. The Kier molecular flexibility index (Phi) is 5.93. The molecule has 31 heavy (non-hydrogen) atoms. The number of hydrogen-bond acceptors (Lipinski definition) is 1. The van der Waals surface area contributed by atoms with E-state index in [9.17, 15) is 0 Å². The number of fused-ring (bicyclic) bond motifs is 1. The zero-order valence-corrected chi connectivity index (χ0v) is 19.5. The third-order valence-corrected chi connectivity index (χ3v) is 7.47. The van der Waals surface area contributed by atoms with Crippen molar-refractivity contribution in [3.05, 3.63) is 118 Å². The fourth-order valence-corrected chi connectivity index (χ4v) is 5.60. The lowest BCUT2D eigenvalue weighted by Crippen LogP contribution is -2.21. The van der Waals surface area contributed by atoms with E-state index < -0.39 is 0 Å². The summed E-state index contributed by atoms with van der Waals surface area (Å²) in [5.74, 6) is 1.60. The van der Waals surface area contributed by atoms with E-state index >= 15 is 0 Å². The number of rotatable bonds is 5. The number of hydrogen-bond donors (Lipinski definition) is 0. The third kappa shape index (κ3) is 4.33. The molecule has 0 N–H and O–H groups in total. The number of benzene rings is 4. The van der Waals surface area contributed by atoms with Gasteiger partial charge in [0, 0.05) is 30.0 Å². The van der Waals surface area contributed by atoms with Gasteiger partial charge in [0.15, 0.2) is 0 Å². The lowest BCUT2D eigenvalue weighted by Gasteiger charge is -2.27. The van der Waals surface area contributed by atoms with Crippen LogP contribution in [0.25, 0.3) is 10.8 Å². The van der Waals surface area contributed by atoms with Crippen LogP contribution in [0.1, 0.15) is 35.4 Å². The molecular formula is C29H28BrN. The normalized spacial score (nSPS) is 20.2. The van der Waals surface area contributed by atoms with Crippen LogP contribution in [-0.2, 0) is 6.54 Å². The van der Waals surface area contributed by atoms with Gasteiger partial charge in [-0.1, -0.05) is 108 Å². The number of likely N-dealkylation sites (tertiary alicyclic amines) is 1. The van der Waals surface area contributed by atoms with Crippen LogP contribution in [0.3, 0.4) is 0 Å². The van der Waals surface area contributed by atoms with Crippen LogP contribution in [0.5, 0.6) is 0 Å². The van der Waals surface area contributed by atoms with Crippen LogP contribution >= 0.6 is 15.9 Å². The molecule has 156 valence electrons. The maximum absolute atomic E-state index is 3.61. The summed E-state index contributed by atoms with van der Waals surface area (Å²) in [7, 11) is 0. The molecule has 1 aliphatic heterocycles. The van der Waals surface area contributed by atoms with Gasteiger partial charge in [0.2, 0.25) is 0 Å². The lowest BCUT2D eigenvalue weighted by atomic mass is 9.77. The van der Waals surface area contributed by atoms with Crippen molar-refractivity contribution in [2.24, 2.45) is 5.92 Å². The van der Waals surface area contributed by atoms with E-state index in [2.05, 4.69) is 125 Å². The summed E-state index contributed by atoms with van der Waals surface area (Å²) in [5.41, 5.74) is 4.33. The van der Waals surface area contributed by atoms with Gasteiger partial charge in [0.05, 0.1) is 0 Å². The molecule has 3 atom stereocenters. The van der Waals surface area contributed by atoms with E-state index in [0.717, 1.165) is 24.1 Å². The fourth-order valence-electron chi connectivity index (χ4n) is 5.33. The van der Waals surface area contributed by atoms with Gasteiger partial charge >= 0.3 is 0 Å². The van der Waals surface area contributed by atoms with Crippen LogP contribution in [0.15, 0.2) is 102 Å². The second kappa shape index (κ2) is 8.98. The first-order chi connectivity index (χ1) is 15.2. The molecule has 2 heteroatoms.